The number of carbonyl (C=O) groups is 3. The van der Waals surface area contributed by atoms with Gasteiger partial charge < -0.3 is 23.9 Å². The molecule has 1 N–H and O–H groups in total. The van der Waals surface area contributed by atoms with Gasteiger partial charge in [-0.15, -0.1) is 0 Å². The number of carboxylic acid groups (broad SMARTS) is 1. The van der Waals surface area contributed by atoms with Crippen LogP contribution in [0.15, 0.2) is 60.2 Å². The van der Waals surface area contributed by atoms with Crippen molar-refractivity contribution in [1.29, 1.82) is 0 Å². The predicted molar refractivity (Wildman–Crippen MR) is 181 cm³/mol. The van der Waals surface area contributed by atoms with Gasteiger partial charge in [0.2, 0.25) is 0 Å². The fraction of sp³-hybridized carbons (Fsp3) is 0.528. The normalized spacial score (nSPS) is 18.8. The zero-order valence-electron chi connectivity index (χ0n) is 28.6. The Morgan fingerprint density at radius 2 is 1.57 bits per heavy atom. The fourth-order valence-corrected chi connectivity index (χ4v) is 6.79. The van der Waals surface area contributed by atoms with Crippen molar-refractivity contribution in [3.8, 4) is 0 Å². The summed E-state index contributed by atoms with van der Waals surface area (Å²) in [6.07, 6.45) is 0.362. The van der Waals surface area contributed by atoms with E-state index in [1.165, 1.54) is 9.80 Å². The number of hydrogen-bond donors (Lipinski definition) is 1. The minimum absolute atomic E-state index is 0.0106. The first-order chi connectivity index (χ1) is 21.5. The van der Waals surface area contributed by atoms with Crippen molar-refractivity contribution in [1.82, 2.24) is 9.80 Å². The zero-order chi connectivity index (χ0) is 33.9. The Bertz CT molecular complexity index is 1420. The molecule has 2 atom stereocenters. The van der Waals surface area contributed by atoms with Gasteiger partial charge in [0.25, 0.3) is 0 Å². The molecule has 250 valence electrons. The van der Waals surface area contributed by atoms with Crippen LogP contribution in [0, 0.1) is 0 Å². The van der Waals surface area contributed by atoms with Gasteiger partial charge in [-0.2, -0.15) is 0 Å². The molecule has 2 heterocycles. The Balaban J connectivity index is 1.61. The van der Waals surface area contributed by atoms with Gasteiger partial charge in [-0.25, -0.2) is 14.4 Å². The van der Waals surface area contributed by atoms with Crippen LogP contribution in [0.2, 0.25) is 18.1 Å². The van der Waals surface area contributed by atoms with E-state index >= 15 is 0 Å². The van der Waals surface area contributed by atoms with Crippen LogP contribution >= 0.6 is 0 Å². The average molecular weight is 651 g/mol. The molecule has 2 amide bonds. The highest BCUT2D eigenvalue weighted by molar-refractivity contribution is 6.74. The molecule has 2 aromatic rings. The lowest BCUT2D eigenvalue weighted by atomic mass is 9.82. The van der Waals surface area contributed by atoms with Crippen LogP contribution in [-0.2, 0) is 31.7 Å². The van der Waals surface area contributed by atoms with Crippen molar-refractivity contribution in [2.75, 3.05) is 19.7 Å². The average Bonchev–Trinajstić information content (AvgIpc) is 2.96. The number of rotatable bonds is 9. The van der Waals surface area contributed by atoms with Crippen molar-refractivity contribution >= 4 is 32.0 Å². The number of ether oxygens (including phenoxy) is 2. The monoisotopic (exact) mass is 650 g/mol. The maximum Gasteiger partial charge on any atom is 0.410 e. The SMILES string of the molecule is CC(C)(C)OC(=O)N1C[C@H]2CC(c3ccc(CCCO[Si](C)(C)C(C)(C)C)cc3)=C(C(=O)OCc3ccccc3)[C@@H](C1)N2C(=O)O. The van der Waals surface area contributed by atoms with Crippen molar-refractivity contribution in [2.24, 2.45) is 0 Å². The van der Waals surface area contributed by atoms with Crippen LogP contribution in [0.3, 0.4) is 0 Å². The van der Waals surface area contributed by atoms with E-state index in [2.05, 4.69) is 46.0 Å². The number of aryl methyl sites for hydroxylation is 1. The van der Waals surface area contributed by atoms with Crippen LogP contribution in [0.5, 0.6) is 0 Å². The maximum absolute atomic E-state index is 13.9. The first-order valence-electron chi connectivity index (χ1n) is 16.1. The molecule has 10 heteroatoms. The van der Waals surface area contributed by atoms with Gasteiger partial charge in [0, 0.05) is 19.7 Å². The molecule has 2 aliphatic heterocycles. The number of amides is 2. The summed E-state index contributed by atoms with van der Waals surface area (Å²) in [7, 11) is -1.80. The third-order valence-corrected chi connectivity index (χ3v) is 13.7. The Hall–Kier alpha value is -3.63. The molecule has 0 saturated carbocycles. The lowest BCUT2D eigenvalue weighted by molar-refractivity contribution is -0.141. The number of hydrogen-bond acceptors (Lipinski definition) is 6. The third-order valence-electron chi connectivity index (χ3n) is 9.14. The van der Waals surface area contributed by atoms with E-state index in [1.807, 2.05) is 42.5 Å². The number of fused-ring (bicyclic) bond motifs is 2. The highest BCUT2D eigenvalue weighted by Crippen LogP contribution is 2.40. The van der Waals surface area contributed by atoms with E-state index in [9.17, 15) is 19.5 Å². The minimum Gasteiger partial charge on any atom is -0.465 e. The van der Waals surface area contributed by atoms with Crippen LogP contribution < -0.4 is 0 Å². The molecule has 0 radical (unpaired) electrons. The van der Waals surface area contributed by atoms with Crippen molar-refractivity contribution < 1.29 is 33.4 Å². The summed E-state index contributed by atoms with van der Waals surface area (Å²) < 4.78 is 17.8. The quantitative estimate of drug-likeness (QED) is 0.170. The molecule has 0 aromatic heterocycles. The summed E-state index contributed by atoms with van der Waals surface area (Å²) >= 11 is 0. The second-order valence-electron chi connectivity index (χ2n) is 14.8. The molecule has 46 heavy (non-hydrogen) atoms. The highest BCUT2D eigenvalue weighted by Gasteiger charge is 2.48. The van der Waals surface area contributed by atoms with E-state index in [0.29, 0.717) is 6.61 Å². The highest BCUT2D eigenvalue weighted by atomic mass is 28.4. The fourth-order valence-electron chi connectivity index (χ4n) is 5.70. The summed E-state index contributed by atoms with van der Waals surface area (Å²) in [6.45, 7) is 17.5. The van der Waals surface area contributed by atoms with Crippen LogP contribution in [0.4, 0.5) is 9.59 Å². The predicted octanol–water partition coefficient (Wildman–Crippen LogP) is 7.51. The Morgan fingerprint density at radius 3 is 2.15 bits per heavy atom. The third kappa shape index (κ3) is 8.58. The second-order valence-corrected chi connectivity index (χ2v) is 19.6. The summed E-state index contributed by atoms with van der Waals surface area (Å²) in [5.74, 6) is -0.591. The van der Waals surface area contributed by atoms with Crippen LogP contribution in [0.25, 0.3) is 5.57 Å². The minimum atomic E-state index is -1.80. The molecule has 2 aromatic carbocycles. The largest absolute Gasteiger partial charge is 0.465 e. The molecule has 2 aliphatic rings. The molecule has 9 nitrogen and oxygen atoms in total. The zero-order valence-corrected chi connectivity index (χ0v) is 29.6. The van der Waals surface area contributed by atoms with E-state index in [1.54, 1.807) is 20.8 Å². The van der Waals surface area contributed by atoms with Crippen LogP contribution in [-0.4, -0.2) is 78.8 Å². The summed E-state index contributed by atoms with van der Waals surface area (Å²) in [4.78, 5) is 42.4. The molecule has 1 fully saturated rings. The van der Waals surface area contributed by atoms with Crippen molar-refractivity contribution in [3.05, 3.63) is 76.9 Å². The van der Waals surface area contributed by atoms with E-state index < -0.39 is 44.2 Å². The molecule has 4 rings (SSSR count). The summed E-state index contributed by atoms with van der Waals surface area (Å²) in [5, 5.41) is 10.4. The number of esters is 1. The summed E-state index contributed by atoms with van der Waals surface area (Å²) in [5.41, 5.74) is 3.13. The van der Waals surface area contributed by atoms with E-state index in [4.69, 9.17) is 13.9 Å². The molecular formula is C36H50N2O7Si. The molecule has 0 unspecified atom stereocenters. The molecule has 1 saturated heterocycles. The topological polar surface area (TPSA) is 106 Å². The first kappa shape index (κ1) is 35.2. The van der Waals surface area contributed by atoms with Gasteiger partial charge in [0.1, 0.15) is 12.2 Å². The first-order valence-corrected chi connectivity index (χ1v) is 19.0. The smallest absolute Gasteiger partial charge is 0.410 e. The Kier molecular flexibility index (Phi) is 10.7. The molecule has 0 spiro atoms. The van der Waals surface area contributed by atoms with Gasteiger partial charge in [-0.05, 0) is 80.4 Å². The lowest BCUT2D eigenvalue weighted by Crippen LogP contribution is -2.64. The van der Waals surface area contributed by atoms with Gasteiger partial charge in [-0.3, -0.25) is 4.90 Å². The number of piperazine rings is 1. The Morgan fingerprint density at radius 1 is 0.913 bits per heavy atom. The van der Waals surface area contributed by atoms with Crippen LogP contribution in [0.1, 0.15) is 71.1 Å². The van der Waals surface area contributed by atoms with Gasteiger partial charge in [0.05, 0.1) is 17.7 Å². The van der Waals surface area contributed by atoms with Gasteiger partial charge in [-0.1, -0.05) is 75.4 Å². The molecular weight excluding hydrogens is 600 g/mol. The van der Waals surface area contributed by atoms with Crippen molar-refractivity contribution in [3.63, 3.8) is 0 Å². The second kappa shape index (κ2) is 14.0. The van der Waals surface area contributed by atoms with E-state index in [0.717, 1.165) is 35.1 Å². The van der Waals surface area contributed by atoms with Gasteiger partial charge >= 0.3 is 18.2 Å². The lowest BCUT2D eigenvalue weighted by Gasteiger charge is -2.49. The molecule has 0 aliphatic carbocycles. The number of carbonyl (C=O) groups excluding carboxylic acids is 2. The standard InChI is InChI=1S/C36H50N2O7Si/c1-35(2,3)45-34(42)37-22-28-21-29(27-18-16-25(17-19-27)15-12-20-44-46(7,8)36(4,5)6)31(30(23-37)38(28)33(40)41)32(39)43-24-26-13-10-9-11-14-26/h9-11,13-14,16-19,28,30H,12,15,20-24H2,1-8H3,(H,40,41)/t28-,30-/m1/s1. The molecule has 2 bridgehead atoms. The van der Waals surface area contributed by atoms with Gasteiger partial charge in [0.15, 0.2) is 8.32 Å². The van der Waals surface area contributed by atoms with Crippen molar-refractivity contribution in [2.45, 2.75) is 103 Å². The number of benzene rings is 2. The maximum atomic E-state index is 13.9. The summed E-state index contributed by atoms with van der Waals surface area (Å²) in [6, 6.07) is 16.0. The number of nitrogens with zero attached hydrogens (tertiary/aromatic N) is 2. The van der Waals surface area contributed by atoms with E-state index in [-0.39, 0.29) is 36.7 Å². The Labute approximate surface area is 274 Å².